The molecule has 8 nitrogen and oxygen atoms in total. The largest absolute Gasteiger partial charge is 0.494 e. The number of nitrogens with zero attached hydrogens (tertiary/aromatic N) is 2. The molecule has 3 amide bonds. The predicted octanol–water partition coefficient (Wildman–Crippen LogP) is 3.31. The van der Waals surface area contributed by atoms with Crippen LogP contribution in [0.4, 0.5) is 11.4 Å². The van der Waals surface area contributed by atoms with Gasteiger partial charge in [-0.05, 0) is 67.7 Å². The normalized spacial score (nSPS) is 15.5. The van der Waals surface area contributed by atoms with Crippen molar-refractivity contribution >= 4 is 62.4 Å². The van der Waals surface area contributed by atoms with E-state index in [1.54, 1.807) is 41.3 Å². The molecule has 1 aliphatic rings. The average molecular weight is 533 g/mol. The number of thiocarbonyl (C=S) groups is 1. The molecule has 0 saturated carbocycles. The average Bonchev–Trinajstić information content (AvgIpc) is 3.00. The molecule has 0 aliphatic carbocycles. The lowest BCUT2D eigenvalue weighted by Gasteiger charge is -2.24. The number of carbonyl (C=O) groups is 3. The van der Waals surface area contributed by atoms with Gasteiger partial charge in [0.15, 0.2) is 5.11 Å². The van der Waals surface area contributed by atoms with Gasteiger partial charge in [-0.3, -0.25) is 19.3 Å². The number of halogens is 1. The molecule has 1 heterocycles. The minimum atomic E-state index is -0.784. The first-order valence-electron chi connectivity index (χ1n) is 10.5. The molecule has 1 aliphatic heterocycles. The summed E-state index contributed by atoms with van der Waals surface area (Å²) in [7, 11) is 0. The maximum atomic E-state index is 13.4. The van der Waals surface area contributed by atoms with Crippen molar-refractivity contribution in [3.63, 3.8) is 0 Å². The van der Waals surface area contributed by atoms with Crippen molar-refractivity contribution in [2.24, 2.45) is 0 Å². The molecule has 0 radical (unpaired) electrons. The summed E-state index contributed by atoms with van der Waals surface area (Å²) >= 11 is 8.97. The van der Waals surface area contributed by atoms with Gasteiger partial charge in [-0.15, -0.1) is 0 Å². The summed E-state index contributed by atoms with van der Waals surface area (Å²) in [5.74, 6) is -0.0967. The minimum Gasteiger partial charge on any atom is -0.494 e. The highest BCUT2D eigenvalue weighted by molar-refractivity contribution is 9.10. The van der Waals surface area contributed by atoms with Crippen LogP contribution in [0.15, 0.2) is 53.0 Å². The van der Waals surface area contributed by atoms with Crippen molar-refractivity contribution in [1.82, 2.24) is 10.2 Å². The second-order valence-electron chi connectivity index (χ2n) is 7.33. The molecular formula is C23H25BrN4O4S. The standard InChI is InChI=1S/C23H25BrN4O4S/c1-3-32-19-10-8-18(9-11-19)28-22(31)20(27(23(28)33)13-12-25-15(2)29)14-21(30)26-17-6-4-16(24)5-7-17/h4-11,20H,3,12-14H2,1-2H3,(H,25,29)(H,26,30). The van der Waals surface area contributed by atoms with E-state index < -0.39 is 6.04 Å². The molecule has 0 aromatic heterocycles. The number of hydrogen-bond donors (Lipinski definition) is 2. The number of hydrogen-bond acceptors (Lipinski definition) is 5. The summed E-state index contributed by atoms with van der Waals surface area (Å²) in [6.07, 6.45) is -0.0807. The highest BCUT2D eigenvalue weighted by atomic mass is 79.9. The summed E-state index contributed by atoms with van der Waals surface area (Å²) in [4.78, 5) is 40.5. The van der Waals surface area contributed by atoms with Crippen LogP contribution in [0.3, 0.4) is 0 Å². The van der Waals surface area contributed by atoms with Crippen molar-refractivity contribution in [2.45, 2.75) is 26.3 Å². The molecule has 1 fully saturated rings. The van der Waals surface area contributed by atoms with Gasteiger partial charge in [-0.1, -0.05) is 15.9 Å². The van der Waals surface area contributed by atoms with Gasteiger partial charge in [-0.2, -0.15) is 0 Å². The number of nitrogens with one attached hydrogen (secondary N) is 2. The van der Waals surface area contributed by atoms with Crippen LogP contribution in [0.2, 0.25) is 0 Å². The van der Waals surface area contributed by atoms with E-state index in [2.05, 4.69) is 26.6 Å². The summed E-state index contributed by atoms with van der Waals surface area (Å²) in [5, 5.41) is 5.81. The third kappa shape index (κ3) is 6.29. The van der Waals surface area contributed by atoms with Crippen LogP contribution in [0.5, 0.6) is 5.75 Å². The summed E-state index contributed by atoms with van der Waals surface area (Å²) in [5.41, 5.74) is 1.22. The van der Waals surface area contributed by atoms with Gasteiger partial charge in [0, 0.05) is 30.2 Å². The Bertz CT molecular complexity index is 1030. The Balaban J connectivity index is 1.79. The van der Waals surface area contributed by atoms with E-state index in [0.29, 0.717) is 36.8 Å². The van der Waals surface area contributed by atoms with Gasteiger partial charge in [0.25, 0.3) is 5.91 Å². The molecule has 1 saturated heterocycles. The Morgan fingerprint density at radius 1 is 1.12 bits per heavy atom. The van der Waals surface area contributed by atoms with E-state index in [4.69, 9.17) is 17.0 Å². The lowest BCUT2D eigenvalue weighted by molar-refractivity contribution is -0.124. The Hall–Kier alpha value is -2.98. The third-order valence-corrected chi connectivity index (χ3v) is 5.90. The van der Waals surface area contributed by atoms with Gasteiger partial charge < -0.3 is 20.3 Å². The van der Waals surface area contributed by atoms with Crippen molar-refractivity contribution in [1.29, 1.82) is 0 Å². The van der Waals surface area contributed by atoms with Crippen LogP contribution < -0.4 is 20.3 Å². The van der Waals surface area contributed by atoms with Gasteiger partial charge in [-0.25, -0.2) is 0 Å². The molecule has 0 bridgehead atoms. The lowest BCUT2D eigenvalue weighted by atomic mass is 10.1. The SMILES string of the molecule is CCOc1ccc(N2C(=O)C(CC(=O)Nc3ccc(Br)cc3)N(CCNC(C)=O)C2=S)cc1. The fourth-order valence-electron chi connectivity index (χ4n) is 3.46. The molecule has 174 valence electrons. The highest BCUT2D eigenvalue weighted by Gasteiger charge is 2.43. The second kappa shape index (κ2) is 11.2. The number of carbonyl (C=O) groups excluding carboxylic acids is 3. The molecule has 2 aromatic rings. The summed E-state index contributed by atoms with van der Waals surface area (Å²) in [6.45, 7) is 4.44. The first-order chi connectivity index (χ1) is 15.8. The van der Waals surface area contributed by atoms with Gasteiger partial charge in [0.05, 0.1) is 18.7 Å². The first kappa shape index (κ1) is 24.7. The van der Waals surface area contributed by atoms with Gasteiger partial charge in [0.1, 0.15) is 11.8 Å². The second-order valence-corrected chi connectivity index (χ2v) is 8.62. The number of ether oxygens (including phenoxy) is 1. The third-order valence-electron chi connectivity index (χ3n) is 4.96. The van der Waals surface area contributed by atoms with E-state index in [-0.39, 0.29) is 29.3 Å². The maximum absolute atomic E-state index is 13.4. The fraction of sp³-hybridized carbons (Fsp3) is 0.304. The fourth-order valence-corrected chi connectivity index (χ4v) is 4.13. The zero-order valence-electron chi connectivity index (χ0n) is 18.3. The maximum Gasteiger partial charge on any atom is 0.256 e. The van der Waals surface area contributed by atoms with Crippen LogP contribution in [-0.4, -0.2) is 53.5 Å². The van der Waals surface area contributed by atoms with Crippen molar-refractivity contribution in [3.05, 3.63) is 53.0 Å². The molecule has 2 aromatic carbocycles. The molecule has 1 unspecified atom stereocenters. The van der Waals surface area contributed by atoms with Crippen LogP contribution in [0.1, 0.15) is 20.3 Å². The molecule has 1 atom stereocenters. The molecule has 33 heavy (non-hydrogen) atoms. The first-order valence-corrected chi connectivity index (χ1v) is 11.7. The zero-order valence-corrected chi connectivity index (χ0v) is 20.7. The Morgan fingerprint density at radius 3 is 2.39 bits per heavy atom. The van der Waals surface area contributed by atoms with E-state index in [0.717, 1.165) is 4.47 Å². The van der Waals surface area contributed by atoms with Gasteiger partial charge >= 0.3 is 0 Å². The number of anilines is 2. The lowest BCUT2D eigenvalue weighted by Crippen LogP contribution is -2.42. The minimum absolute atomic E-state index is 0.0807. The number of rotatable bonds is 9. The smallest absolute Gasteiger partial charge is 0.256 e. The topological polar surface area (TPSA) is 91.0 Å². The number of benzene rings is 2. The molecule has 10 heteroatoms. The molecule has 3 rings (SSSR count). The number of amides is 3. The highest BCUT2D eigenvalue weighted by Crippen LogP contribution is 2.29. The van der Waals surface area contributed by atoms with E-state index in [1.807, 2.05) is 19.1 Å². The van der Waals surface area contributed by atoms with E-state index >= 15 is 0 Å². The summed E-state index contributed by atoms with van der Waals surface area (Å²) in [6, 6.07) is 13.4. The van der Waals surface area contributed by atoms with Crippen molar-refractivity contribution < 1.29 is 19.1 Å². The monoisotopic (exact) mass is 532 g/mol. The van der Waals surface area contributed by atoms with Crippen LogP contribution >= 0.6 is 28.1 Å². The van der Waals surface area contributed by atoms with Crippen molar-refractivity contribution in [2.75, 3.05) is 29.9 Å². The Labute approximate surface area is 206 Å². The quantitative estimate of drug-likeness (QED) is 0.481. The van der Waals surface area contributed by atoms with Crippen molar-refractivity contribution in [3.8, 4) is 5.75 Å². The van der Waals surface area contributed by atoms with Crippen LogP contribution in [0, 0.1) is 0 Å². The zero-order chi connectivity index (χ0) is 24.0. The summed E-state index contributed by atoms with van der Waals surface area (Å²) < 4.78 is 6.36. The van der Waals surface area contributed by atoms with Gasteiger partial charge in [0.2, 0.25) is 11.8 Å². The van der Waals surface area contributed by atoms with Crippen LogP contribution in [0.25, 0.3) is 0 Å². The molecule has 0 spiro atoms. The predicted molar refractivity (Wildman–Crippen MR) is 134 cm³/mol. The molecule has 2 N–H and O–H groups in total. The van der Waals surface area contributed by atoms with Crippen LogP contribution in [-0.2, 0) is 14.4 Å². The Kier molecular flexibility index (Phi) is 8.40. The van der Waals surface area contributed by atoms with E-state index in [1.165, 1.54) is 11.8 Å². The van der Waals surface area contributed by atoms with E-state index in [9.17, 15) is 14.4 Å². The Morgan fingerprint density at radius 2 is 1.79 bits per heavy atom. The molecular weight excluding hydrogens is 508 g/mol.